The van der Waals surface area contributed by atoms with Gasteiger partial charge in [0, 0.05) is 15.7 Å². The highest BCUT2D eigenvalue weighted by Gasteiger charge is 2.37. The highest BCUT2D eigenvalue weighted by atomic mass is 79.9. The van der Waals surface area contributed by atoms with Gasteiger partial charge in [0.05, 0.1) is 0 Å². The van der Waals surface area contributed by atoms with Crippen molar-refractivity contribution in [3.05, 3.63) is 28.2 Å². The van der Waals surface area contributed by atoms with Crippen molar-refractivity contribution in [3.8, 4) is 0 Å². The van der Waals surface area contributed by atoms with Gasteiger partial charge in [-0.2, -0.15) is 0 Å². The molecule has 1 aromatic rings. The van der Waals surface area contributed by atoms with Crippen molar-refractivity contribution in [2.75, 3.05) is 5.73 Å². The Balaban J connectivity index is 1.99. The quantitative estimate of drug-likeness (QED) is 0.815. The van der Waals surface area contributed by atoms with Gasteiger partial charge >= 0.3 is 0 Å². The van der Waals surface area contributed by atoms with Crippen LogP contribution >= 0.6 is 15.9 Å². The Kier molecular flexibility index (Phi) is 2.54. The van der Waals surface area contributed by atoms with E-state index in [4.69, 9.17) is 11.5 Å². The number of nitrogens with two attached hydrogens (primary N) is 2. The third-order valence-electron chi connectivity index (χ3n) is 2.86. The summed E-state index contributed by atoms with van der Waals surface area (Å²) < 4.78 is 0.968. The highest BCUT2D eigenvalue weighted by Crippen LogP contribution is 2.36. The van der Waals surface area contributed by atoms with Crippen LogP contribution in [0.2, 0.25) is 0 Å². The maximum atomic E-state index is 6.02. The molecule has 4 N–H and O–H groups in total. The third-order valence-corrected chi connectivity index (χ3v) is 3.59. The van der Waals surface area contributed by atoms with Gasteiger partial charge in [-0.15, -0.1) is 0 Å². The van der Waals surface area contributed by atoms with Crippen molar-refractivity contribution in [2.24, 2.45) is 5.73 Å². The fraction of sp³-hybridized carbons (Fsp3) is 0.455. The van der Waals surface area contributed by atoms with Crippen molar-refractivity contribution < 1.29 is 0 Å². The number of hydrogen-bond acceptors (Lipinski definition) is 2. The van der Waals surface area contributed by atoms with Crippen LogP contribution in [0.15, 0.2) is 22.7 Å². The van der Waals surface area contributed by atoms with E-state index in [-0.39, 0.29) is 5.54 Å². The Morgan fingerprint density at radius 1 is 1.36 bits per heavy atom. The van der Waals surface area contributed by atoms with Gasteiger partial charge in [0.25, 0.3) is 0 Å². The first kappa shape index (κ1) is 9.99. The number of hydrogen-bond donors (Lipinski definition) is 2. The van der Waals surface area contributed by atoms with Crippen LogP contribution in [-0.4, -0.2) is 5.54 Å². The van der Waals surface area contributed by atoms with Crippen molar-refractivity contribution in [1.82, 2.24) is 0 Å². The largest absolute Gasteiger partial charge is 0.398 e. The van der Waals surface area contributed by atoms with Crippen LogP contribution in [0.1, 0.15) is 24.8 Å². The van der Waals surface area contributed by atoms with E-state index in [1.165, 1.54) is 18.4 Å². The zero-order valence-corrected chi connectivity index (χ0v) is 9.68. The summed E-state index contributed by atoms with van der Waals surface area (Å²) in [4.78, 5) is 0. The fourth-order valence-corrected chi connectivity index (χ4v) is 1.80. The monoisotopic (exact) mass is 254 g/mol. The molecule has 1 aliphatic carbocycles. The van der Waals surface area contributed by atoms with E-state index in [0.717, 1.165) is 23.0 Å². The van der Waals surface area contributed by atoms with Crippen LogP contribution in [0.25, 0.3) is 0 Å². The molecule has 3 heteroatoms. The predicted molar refractivity (Wildman–Crippen MR) is 63.0 cm³/mol. The van der Waals surface area contributed by atoms with Gasteiger partial charge < -0.3 is 11.5 Å². The SMILES string of the molecule is Nc1cc(CCC2(N)CC2)ccc1Br. The van der Waals surface area contributed by atoms with E-state index in [1.54, 1.807) is 0 Å². The number of anilines is 1. The number of nitrogen functional groups attached to an aromatic ring is 1. The number of halogens is 1. The minimum Gasteiger partial charge on any atom is -0.398 e. The summed E-state index contributed by atoms with van der Waals surface area (Å²) in [5, 5.41) is 0. The van der Waals surface area contributed by atoms with Gasteiger partial charge in [-0.05, 0) is 59.3 Å². The maximum Gasteiger partial charge on any atom is 0.0461 e. The minimum absolute atomic E-state index is 0.141. The molecule has 0 atom stereocenters. The normalized spacial score (nSPS) is 18.1. The first-order valence-electron chi connectivity index (χ1n) is 4.92. The van der Waals surface area contributed by atoms with Gasteiger partial charge in [-0.3, -0.25) is 0 Å². The standard InChI is InChI=1S/C11H15BrN2/c12-9-2-1-8(7-10(9)13)3-4-11(14)5-6-11/h1-2,7H,3-6,13-14H2. The Bertz CT molecular complexity index is 345. The summed E-state index contributed by atoms with van der Waals surface area (Å²) in [7, 11) is 0. The van der Waals surface area contributed by atoms with Gasteiger partial charge in [0.15, 0.2) is 0 Å². The van der Waals surface area contributed by atoms with Crippen LogP contribution < -0.4 is 11.5 Å². The summed E-state index contributed by atoms with van der Waals surface area (Å²) in [6, 6.07) is 6.13. The topological polar surface area (TPSA) is 52.0 Å². The molecule has 0 bridgehead atoms. The third kappa shape index (κ3) is 2.28. The summed E-state index contributed by atoms with van der Waals surface area (Å²) in [5.74, 6) is 0. The van der Waals surface area contributed by atoms with Gasteiger partial charge in [-0.1, -0.05) is 6.07 Å². The number of aryl methyl sites for hydroxylation is 1. The molecule has 0 heterocycles. The average Bonchev–Trinajstić information content (AvgIpc) is 2.87. The molecule has 76 valence electrons. The zero-order chi connectivity index (χ0) is 10.2. The maximum absolute atomic E-state index is 6.02. The van der Waals surface area contributed by atoms with Crippen molar-refractivity contribution in [3.63, 3.8) is 0 Å². The smallest absolute Gasteiger partial charge is 0.0461 e. The molecule has 1 aromatic carbocycles. The summed E-state index contributed by atoms with van der Waals surface area (Å²) in [6.45, 7) is 0. The molecule has 0 aromatic heterocycles. The molecule has 0 amide bonds. The summed E-state index contributed by atoms with van der Waals surface area (Å²) >= 11 is 3.38. The second kappa shape index (κ2) is 3.55. The molecular formula is C11H15BrN2. The Hall–Kier alpha value is -0.540. The van der Waals surface area contributed by atoms with Gasteiger partial charge in [-0.25, -0.2) is 0 Å². The van der Waals surface area contributed by atoms with Crippen molar-refractivity contribution in [1.29, 1.82) is 0 Å². The first-order chi connectivity index (χ1) is 6.59. The molecule has 1 aliphatic rings. The predicted octanol–water partition coefficient (Wildman–Crippen LogP) is 2.46. The molecule has 1 saturated carbocycles. The number of benzene rings is 1. The lowest BCUT2D eigenvalue weighted by molar-refractivity contribution is 0.609. The summed E-state index contributed by atoms with van der Waals surface area (Å²) in [6.07, 6.45) is 4.47. The molecular weight excluding hydrogens is 240 g/mol. The average molecular weight is 255 g/mol. The van der Waals surface area contributed by atoms with Crippen molar-refractivity contribution in [2.45, 2.75) is 31.2 Å². The van der Waals surface area contributed by atoms with Crippen LogP contribution in [0, 0.1) is 0 Å². The number of rotatable bonds is 3. The molecule has 2 nitrogen and oxygen atoms in total. The molecule has 0 radical (unpaired) electrons. The van der Waals surface area contributed by atoms with Crippen LogP contribution in [0.4, 0.5) is 5.69 Å². The summed E-state index contributed by atoms with van der Waals surface area (Å²) in [5.41, 5.74) is 14.0. The van der Waals surface area contributed by atoms with Crippen LogP contribution in [0.5, 0.6) is 0 Å². The Morgan fingerprint density at radius 2 is 2.07 bits per heavy atom. The Labute approximate surface area is 92.8 Å². The lowest BCUT2D eigenvalue weighted by atomic mass is 10.0. The highest BCUT2D eigenvalue weighted by molar-refractivity contribution is 9.10. The molecule has 1 fully saturated rings. The minimum atomic E-state index is 0.141. The van der Waals surface area contributed by atoms with Crippen molar-refractivity contribution >= 4 is 21.6 Å². The van der Waals surface area contributed by atoms with E-state index < -0.39 is 0 Å². The lowest BCUT2D eigenvalue weighted by Gasteiger charge is -2.08. The molecule has 0 unspecified atom stereocenters. The molecule has 0 saturated heterocycles. The first-order valence-corrected chi connectivity index (χ1v) is 5.71. The Morgan fingerprint density at radius 3 is 2.64 bits per heavy atom. The van der Waals surface area contributed by atoms with E-state index in [1.807, 2.05) is 12.1 Å². The second-order valence-corrected chi connectivity index (χ2v) is 5.07. The second-order valence-electron chi connectivity index (χ2n) is 4.22. The van der Waals surface area contributed by atoms with Gasteiger partial charge in [0.1, 0.15) is 0 Å². The van der Waals surface area contributed by atoms with Crippen LogP contribution in [-0.2, 0) is 6.42 Å². The van der Waals surface area contributed by atoms with E-state index in [0.29, 0.717) is 0 Å². The molecule has 0 spiro atoms. The molecule has 2 rings (SSSR count). The van der Waals surface area contributed by atoms with E-state index in [2.05, 4.69) is 22.0 Å². The molecule has 14 heavy (non-hydrogen) atoms. The fourth-order valence-electron chi connectivity index (χ4n) is 1.55. The lowest BCUT2D eigenvalue weighted by Crippen LogP contribution is -2.22. The van der Waals surface area contributed by atoms with Crippen LogP contribution in [0.3, 0.4) is 0 Å². The van der Waals surface area contributed by atoms with Gasteiger partial charge in [0.2, 0.25) is 0 Å². The molecule has 0 aliphatic heterocycles. The zero-order valence-electron chi connectivity index (χ0n) is 8.09. The van der Waals surface area contributed by atoms with E-state index in [9.17, 15) is 0 Å². The van der Waals surface area contributed by atoms with E-state index >= 15 is 0 Å².